The summed E-state index contributed by atoms with van der Waals surface area (Å²) >= 11 is 0. The number of amides is 1. The molecular weight excluding hydrogens is 522 g/mol. The van der Waals surface area contributed by atoms with Crippen LogP contribution in [0.25, 0.3) is 16.7 Å². The molecule has 0 saturated carbocycles. The van der Waals surface area contributed by atoms with Gasteiger partial charge in [0.15, 0.2) is 23.1 Å². The number of anilines is 2. The number of hydrogen-bond donors (Lipinski definition) is 2. The zero-order chi connectivity index (χ0) is 28.6. The van der Waals surface area contributed by atoms with E-state index < -0.39 is 0 Å². The van der Waals surface area contributed by atoms with E-state index in [9.17, 15) is 4.79 Å². The standard InChI is InChI=1S/C31H31N5O5/c1-38-26-18-22(19-27(39-2)31(26)40-3)33-28-13-14-29(35-34-28)36-20-21(24-11-7-8-12-25(24)36)17-30(37)32-15-16-41-23-9-5-4-6-10-23/h4-14,18-20H,15-17H2,1-3H3,(H,32,37)(H,33,34). The van der Waals surface area contributed by atoms with Gasteiger partial charge in [0.2, 0.25) is 11.7 Å². The van der Waals surface area contributed by atoms with Crippen LogP contribution in [0.15, 0.2) is 85.1 Å². The highest BCUT2D eigenvalue weighted by atomic mass is 16.5. The van der Waals surface area contributed by atoms with Crippen molar-refractivity contribution >= 4 is 28.3 Å². The maximum absolute atomic E-state index is 12.7. The molecule has 0 spiro atoms. The first-order chi connectivity index (χ1) is 20.1. The molecule has 41 heavy (non-hydrogen) atoms. The molecule has 0 aliphatic rings. The minimum Gasteiger partial charge on any atom is -0.493 e. The fourth-order valence-electron chi connectivity index (χ4n) is 4.51. The van der Waals surface area contributed by atoms with Crippen LogP contribution in [-0.4, -0.2) is 55.2 Å². The Balaban J connectivity index is 1.28. The predicted octanol–water partition coefficient (Wildman–Crippen LogP) is 4.93. The molecule has 3 aromatic carbocycles. The molecule has 5 rings (SSSR count). The first-order valence-corrected chi connectivity index (χ1v) is 13.0. The molecule has 10 nitrogen and oxygen atoms in total. The minimum absolute atomic E-state index is 0.0828. The molecule has 2 heterocycles. The number of fused-ring (bicyclic) bond motifs is 1. The van der Waals surface area contributed by atoms with Crippen molar-refractivity contribution in [2.45, 2.75) is 6.42 Å². The molecule has 10 heteroatoms. The van der Waals surface area contributed by atoms with E-state index in [1.165, 1.54) is 0 Å². The Bertz CT molecular complexity index is 1590. The van der Waals surface area contributed by atoms with Gasteiger partial charge in [-0.2, -0.15) is 0 Å². The summed E-state index contributed by atoms with van der Waals surface area (Å²) in [6.07, 6.45) is 2.16. The number of aromatic nitrogens is 3. The van der Waals surface area contributed by atoms with Gasteiger partial charge in [-0.1, -0.05) is 36.4 Å². The average molecular weight is 554 g/mol. The van der Waals surface area contributed by atoms with E-state index >= 15 is 0 Å². The van der Waals surface area contributed by atoms with Crippen LogP contribution < -0.4 is 29.6 Å². The van der Waals surface area contributed by atoms with Gasteiger partial charge in [-0.15, -0.1) is 10.2 Å². The van der Waals surface area contributed by atoms with Crippen molar-refractivity contribution in [1.29, 1.82) is 0 Å². The summed E-state index contributed by atoms with van der Waals surface area (Å²) in [5, 5.41) is 15.9. The molecule has 0 saturated heterocycles. The van der Waals surface area contributed by atoms with E-state index in [2.05, 4.69) is 20.8 Å². The van der Waals surface area contributed by atoms with Crippen molar-refractivity contribution in [1.82, 2.24) is 20.1 Å². The first-order valence-electron chi connectivity index (χ1n) is 13.0. The predicted molar refractivity (Wildman–Crippen MR) is 157 cm³/mol. The van der Waals surface area contributed by atoms with Crippen molar-refractivity contribution in [3.05, 3.63) is 90.6 Å². The molecule has 0 fully saturated rings. The Labute approximate surface area is 237 Å². The zero-order valence-electron chi connectivity index (χ0n) is 23.1. The smallest absolute Gasteiger partial charge is 0.224 e. The second-order valence-electron chi connectivity index (χ2n) is 9.05. The number of para-hydroxylation sites is 2. The Hall–Kier alpha value is -5.25. The monoisotopic (exact) mass is 553 g/mol. The lowest BCUT2D eigenvalue weighted by molar-refractivity contribution is -0.120. The Morgan fingerprint density at radius 3 is 2.27 bits per heavy atom. The lowest BCUT2D eigenvalue weighted by Crippen LogP contribution is -2.29. The molecule has 0 bridgehead atoms. The third kappa shape index (κ3) is 6.33. The molecular formula is C31H31N5O5. The summed E-state index contributed by atoms with van der Waals surface area (Å²) in [6, 6.07) is 24.7. The fourth-order valence-corrected chi connectivity index (χ4v) is 4.51. The fraction of sp³-hybridized carbons (Fsp3) is 0.194. The molecule has 0 aliphatic carbocycles. The second-order valence-corrected chi connectivity index (χ2v) is 9.05. The van der Waals surface area contributed by atoms with Crippen LogP contribution in [0.1, 0.15) is 5.56 Å². The SMILES string of the molecule is COc1cc(Nc2ccc(-n3cc(CC(=O)NCCOc4ccccc4)c4ccccc43)nn2)cc(OC)c1OC. The Morgan fingerprint density at radius 2 is 1.59 bits per heavy atom. The summed E-state index contributed by atoms with van der Waals surface area (Å²) in [7, 11) is 4.69. The maximum atomic E-state index is 12.7. The van der Waals surface area contributed by atoms with Crippen LogP contribution in [0, 0.1) is 0 Å². The van der Waals surface area contributed by atoms with Crippen LogP contribution in [0.4, 0.5) is 11.5 Å². The molecule has 5 aromatic rings. The van der Waals surface area contributed by atoms with E-state index in [0.717, 1.165) is 22.2 Å². The van der Waals surface area contributed by atoms with Gasteiger partial charge in [-0.25, -0.2) is 0 Å². The zero-order valence-corrected chi connectivity index (χ0v) is 23.1. The van der Waals surface area contributed by atoms with Crippen molar-refractivity contribution in [2.24, 2.45) is 0 Å². The van der Waals surface area contributed by atoms with Gasteiger partial charge >= 0.3 is 0 Å². The number of hydrogen-bond acceptors (Lipinski definition) is 8. The van der Waals surface area contributed by atoms with Gasteiger partial charge in [0, 0.05) is 29.4 Å². The van der Waals surface area contributed by atoms with Crippen molar-refractivity contribution in [2.75, 3.05) is 39.8 Å². The number of carbonyl (C=O) groups excluding carboxylic acids is 1. The van der Waals surface area contributed by atoms with Gasteiger partial charge in [-0.3, -0.25) is 9.36 Å². The summed E-state index contributed by atoms with van der Waals surface area (Å²) in [6.45, 7) is 0.807. The summed E-state index contributed by atoms with van der Waals surface area (Å²) in [5.74, 6) is 3.41. The van der Waals surface area contributed by atoms with E-state index in [0.29, 0.717) is 47.7 Å². The van der Waals surface area contributed by atoms with Gasteiger partial charge in [0.25, 0.3) is 0 Å². The summed E-state index contributed by atoms with van der Waals surface area (Å²) in [4.78, 5) is 12.7. The summed E-state index contributed by atoms with van der Waals surface area (Å²) < 4.78 is 23.9. The molecule has 0 aliphatic heterocycles. The molecule has 210 valence electrons. The number of nitrogens with one attached hydrogen (secondary N) is 2. The van der Waals surface area contributed by atoms with E-state index in [1.54, 1.807) is 33.5 Å². The van der Waals surface area contributed by atoms with Crippen molar-refractivity contribution < 1.29 is 23.7 Å². The number of nitrogens with zero attached hydrogens (tertiary/aromatic N) is 3. The number of rotatable bonds is 12. The Morgan fingerprint density at radius 1 is 0.854 bits per heavy atom. The van der Waals surface area contributed by atoms with E-state index in [4.69, 9.17) is 18.9 Å². The van der Waals surface area contributed by atoms with Gasteiger partial charge in [0.05, 0.1) is 39.8 Å². The first kappa shape index (κ1) is 27.3. The summed E-state index contributed by atoms with van der Waals surface area (Å²) in [5.41, 5.74) is 2.53. The lowest BCUT2D eigenvalue weighted by atomic mass is 10.1. The molecule has 0 unspecified atom stereocenters. The number of methoxy groups -OCH3 is 3. The van der Waals surface area contributed by atoms with Crippen LogP contribution in [-0.2, 0) is 11.2 Å². The molecule has 1 amide bonds. The highest BCUT2D eigenvalue weighted by Gasteiger charge is 2.15. The molecule has 2 aromatic heterocycles. The third-order valence-corrected chi connectivity index (χ3v) is 6.42. The van der Waals surface area contributed by atoms with Gasteiger partial charge in [0.1, 0.15) is 12.4 Å². The number of ether oxygens (including phenoxy) is 4. The topological polar surface area (TPSA) is 109 Å². The van der Waals surface area contributed by atoms with E-state index in [1.807, 2.05) is 77.5 Å². The molecule has 0 atom stereocenters. The minimum atomic E-state index is -0.0828. The number of carbonyl (C=O) groups is 1. The second kappa shape index (κ2) is 12.7. The normalized spacial score (nSPS) is 10.7. The van der Waals surface area contributed by atoms with Crippen LogP contribution in [0.2, 0.25) is 0 Å². The van der Waals surface area contributed by atoms with Crippen LogP contribution in [0.3, 0.4) is 0 Å². The van der Waals surface area contributed by atoms with Crippen LogP contribution >= 0.6 is 0 Å². The molecule has 0 radical (unpaired) electrons. The van der Waals surface area contributed by atoms with E-state index in [-0.39, 0.29) is 12.3 Å². The van der Waals surface area contributed by atoms with Gasteiger partial charge in [-0.05, 0) is 35.9 Å². The van der Waals surface area contributed by atoms with Crippen LogP contribution in [0.5, 0.6) is 23.0 Å². The third-order valence-electron chi connectivity index (χ3n) is 6.42. The molecule has 2 N–H and O–H groups in total. The quantitative estimate of drug-likeness (QED) is 0.210. The maximum Gasteiger partial charge on any atom is 0.224 e. The Kier molecular flexibility index (Phi) is 8.49. The number of benzene rings is 3. The largest absolute Gasteiger partial charge is 0.493 e. The average Bonchev–Trinajstić information content (AvgIpc) is 3.37. The highest BCUT2D eigenvalue weighted by Crippen LogP contribution is 2.40. The van der Waals surface area contributed by atoms with Gasteiger partial charge < -0.3 is 29.6 Å². The highest BCUT2D eigenvalue weighted by molar-refractivity contribution is 5.90. The van der Waals surface area contributed by atoms with Crippen molar-refractivity contribution in [3.63, 3.8) is 0 Å². The van der Waals surface area contributed by atoms with Crippen molar-refractivity contribution in [3.8, 4) is 28.8 Å². The lowest BCUT2D eigenvalue weighted by Gasteiger charge is -2.14.